The Kier molecular flexibility index (Phi) is 4.69. The number of aliphatic carboxylic acids is 1. The highest BCUT2D eigenvalue weighted by molar-refractivity contribution is 6.10. The summed E-state index contributed by atoms with van der Waals surface area (Å²) in [6.07, 6.45) is 1.46. The number of nitrogens with zero attached hydrogens (tertiary/aromatic N) is 2. The number of carbonyl (C=O) groups is 4. The van der Waals surface area contributed by atoms with Crippen LogP contribution in [0.5, 0.6) is 0 Å². The predicted octanol–water partition coefficient (Wildman–Crippen LogP) is 0.828. The van der Waals surface area contributed by atoms with E-state index < -0.39 is 5.97 Å². The maximum absolute atomic E-state index is 12.5. The van der Waals surface area contributed by atoms with Gasteiger partial charge in [-0.15, -0.1) is 0 Å². The Hall–Kier alpha value is -2.90. The van der Waals surface area contributed by atoms with E-state index in [1.54, 1.807) is 24.3 Å². The lowest BCUT2D eigenvalue weighted by Crippen LogP contribution is -2.43. The highest BCUT2D eigenvalue weighted by atomic mass is 16.4. The van der Waals surface area contributed by atoms with Crippen molar-refractivity contribution in [2.24, 2.45) is 0 Å². The average Bonchev–Trinajstić information content (AvgIpc) is 3.41. The van der Waals surface area contributed by atoms with Crippen LogP contribution in [0, 0.1) is 0 Å². The summed E-state index contributed by atoms with van der Waals surface area (Å²) in [5.74, 6) is -2.02. The number of rotatable bonds is 6. The third-order valence-corrected chi connectivity index (χ3v) is 4.24. The van der Waals surface area contributed by atoms with Gasteiger partial charge in [-0.25, -0.2) is 0 Å². The van der Waals surface area contributed by atoms with Crippen LogP contribution in [0.1, 0.15) is 25.7 Å². The van der Waals surface area contributed by atoms with Gasteiger partial charge in [0.1, 0.15) is 13.1 Å². The monoisotopic (exact) mass is 345 g/mol. The lowest BCUT2D eigenvalue weighted by atomic mass is 10.1. The van der Waals surface area contributed by atoms with E-state index in [0.717, 1.165) is 12.8 Å². The molecule has 1 heterocycles. The van der Waals surface area contributed by atoms with Crippen LogP contribution in [0.25, 0.3) is 0 Å². The molecule has 8 nitrogen and oxygen atoms in total. The van der Waals surface area contributed by atoms with Gasteiger partial charge >= 0.3 is 5.97 Å². The van der Waals surface area contributed by atoms with Crippen LogP contribution in [-0.2, 0) is 19.2 Å². The van der Waals surface area contributed by atoms with E-state index in [-0.39, 0.29) is 49.7 Å². The zero-order valence-corrected chi connectivity index (χ0v) is 13.6. The lowest BCUT2D eigenvalue weighted by molar-refractivity contribution is -0.145. The number of nitrogens with one attached hydrogen (secondary N) is 1. The average molecular weight is 345 g/mol. The molecule has 132 valence electrons. The minimum Gasteiger partial charge on any atom is -0.480 e. The van der Waals surface area contributed by atoms with Crippen LogP contribution >= 0.6 is 0 Å². The van der Waals surface area contributed by atoms with Crippen molar-refractivity contribution in [3.63, 3.8) is 0 Å². The molecule has 0 atom stereocenters. The molecule has 25 heavy (non-hydrogen) atoms. The van der Waals surface area contributed by atoms with E-state index in [9.17, 15) is 19.2 Å². The summed E-state index contributed by atoms with van der Waals surface area (Å²) < 4.78 is 0. The van der Waals surface area contributed by atoms with Crippen LogP contribution in [0.15, 0.2) is 24.3 Å². The van der Waals surface area contributed by atoms with E-state index in [1.807, 2.05) is 0 Å². The number of amides is 3. The SMILES string of the molecule is O=C(O)CN(C(=O)CCC(=O)N1CC(=O)Nc2ccccc21)C1CC1. The molecule has 0 aromatic heterocycles. The molecule has 1 fully saturated rings. The molecule has 2 aliphatic rings. The van der Waals surface area contributed by atoms with Crippen molar-refractivity contribution in [1.29, 1.82) is 0 Å². The Morgan fingerprint density at radius 2 is 1.92 bits per heavy atom. The first-order chi connectivity index (χ1) is 12.0. The van der Waals surface area contributed by atoms with E-state index >= 15 is 0 Å². The third kappa shape index (κ3) is 3.96. The number of carbonyl (C=O) groups excluding carboxylic acids is 3. The quantitative estimate of drug-likeness (QED) is 0.794. The van der Waals surface area contributed by atoms with Gasteiger partial charge in [0.2, 0.25) is 17.7 Å². The summed E-state index contributed by atoms with van der Waals surface area (Å²) in [5, 5.41) is 11.6. The van der Waals surface area contributed by atoms with Crippen LogP contribution in [0.3, 0.4) is 0 Å². The van der Waals surface area contributed by atoms with Crippen molar-refractivity contribution in [3.05, 3.63) is 24.3 Å². The number of para-hydroxylation sites is 2. The standard InChI is InChI=1S/C17H19N3O5/c21-14-9-20(13-4-2-1-3-12(13)18-14)16(23)8-7-15(22)19(10-17(24)25)11-5-6-11/h1-4,11H,5-10H2,(H,18,21)(H,24,25). The van der Waals surface area contributed by atoms with Gasteiger partial charge in [-0.2, -0.15) is 0 Å². The van der Waals surface area contributed by atoms with Gasteiger partial charge in [0.05, 0.1) is 11.4 Å². The Labute approximate surface area is 144 Å². The molecule has 8 heteroatoms. The number of fused-ring (bicyclic) bond motifs is 1. The predicted molar refractivity (Wildman–Crippen MR) is 89.0 cm³/mol. The Bertz CT molecular complexity index is 729. The molecular formula is C17H19N3O5. The maximum atomic E-state index is 12.5. The van der Waals surface area contributed by atoms with Crippen molar-refractivity contribution in [3.8, 4) is 0 Å². The number of carboxylic acids is 1. The minimum atomic E-state index is -1.06. The molecule has 0 unspecified atom stereocenters. The Balaban J connectivity index is 1.63. The van der Waals surface area contributed by atoms with E-state index in [2.05, 4.69) is 5.32 Å². The van der Waals surface area contributed by atoms with E-state index in [0.29, 0.717) is 11.4 Å². The summed E-state index contributed by atoms with van der Waals surface area (Å²) in [6, 6.07) is 6.94. The molecule has 0 bridgehead atoms. The van der Waals surface area contributed by atoms with Crippen molar-refractivity contribution in [2.45, 2.75) is 31.7 Å². The fraction of sp³-hybridized carbons (Fsp3) is 0.412. The first-order valence-corrected chi connectivity index (χ1v) is 8.16. The molecule has 0 spiro atoms. The van der Waals surface area contributed by atoms with Crippen molar-refractivity contribution < 1.29 is 24.3 Å². The third-order valence-electron chi connectivity index (χ3n) is 4.24. The van der Waals surface area contributed by atoms with Gasteiger partial charge in [0.15, 0.2) is 0 Å². The number of carboxylic acid groups (broad SMARTS) is 1. The van der Waals surface area contributed by atoms with Crippen LogP contribution in [0.4, 0.5) is 11.4 Å². The van der Waals surface area contributed by atoms with Gasteiger partial charge in [-0.1, -0.05) is 12.1 Å². The normalized spacial score (nSPS) is 16.0. The van der Waals surface area contributed by atoms with Crippen LogP contribution < -0.4 is 10.2 Å². The summed E-state index contributed by atoms with van der Waals surface area (Å²) in [5.41, 5.74) is 1.16. The minimum absolute atomic E-state index is 0.0276. The Morgan fingerprint density at radius 3 is 2.60 bits per heavy atom. The second-order valence-corrected chi connectivity index (χ2v) is 6.19. The Morgan fingerprint density at radius 1 is 1.20 bits per heavy atom. The topological polar surface area (TPSA) is 107 Å². The van der Waals surface area contributed by atoms with Crippen molar-refractivity contribution >= 4 is 35.1 Å². The zero-order chi connectivity index (χ0) is 18.0. The molecule has 1 aliphatic carbocycles. The van der Waals surface area contributed by atoms with Gasteiger partial charge in [0, 0.05) is 18.9 Å². The first kappa shape index (κ1) is 16.9. The zero-order valence-electron chi connectivity index (χ0n) is 13.6. The fourth-order valence-electron chi connectivity index (χ4n) is 2.90. The highest BCUT2D eigenvalue weighted by Gasteiger charge is 2.34. The first-order valence-electron chi connectivity index (χ1n) is 8.16. The molecule has 3 rings (SSSR count). The van der Waals surface area contributed by atoms with Crippen molar-refractivity contribution in [2.75, 3.05) is 23.3 Å². The second-order valence-electron chi connectivity index (χ2n) is 6.19. The van der Waals surface area contributed by atoms with E-state index in [4.69, 9.17) is 5.11 Å². The molecule has 0 saturated heterocycles. The van der Waals surface area contributed by atoms with Crippen LogP contribution in [-0.4, -0.2) is 52.8 Å². The smallest absolute Gasteiger partial charge is 0.323 e. The lowest BCUT2D eigenvalue weighted by Gasteiger charge is -2.29. The van der Waals surface area contributed by atoms with Gasteiger partial charge < -0.3 is 20.2 Å². The molecule has 2 N–H and O–H groups in total. The number of hydrogen-bond donors (Lipinski definition) is 2. The maximum Gasteiger partial charge on any atom is 0.323 e. The summed E-state index contributed by atoms with van der Waals surface area (Å²) in [7, 11) is 0. The van der Waals surface area contributed by atoms with Crippen LogP contribution in [0.2, 0.25) is 0 Å². The second kappa shape index (κ2) is 6.92. The summed E-state index contributed by atoms with van der Waals surface area (Å²) in [6.45, 7) is -0.432. The molecule has 1 saturated carbocycles. The van der Waals surface area contributed by atoms with Gasteiger partial charge in [0.25, 0.3) is 0 Å². The molecule has 3 amide bonds. The summed E-state index contributed by atoms with van der Waals surface area (Å²) >= 11 is 0. The highest BCUT2D eigenvalue weighted by Crippen LogP contribution is 2.30. The molecule has 1 aromatic rings. The number of hydrogen-bond acceptors (Lipinski definition) is 4. The molecule has 1 aromatic carbocycles. The molecular weight excluding hydrogens is 326 g/mol. The van der Waals surface area contributed by atoms with Gasteiger partial charge in [-0.05, 0) is 25.0 Å². The molecule has 0 radical (unpaired) electrons. The van der Waals surface area contributed by atoms with E-state index in [1.165, 1.54) is 9.80 Å². The molecule has 1 aliphatic heterocycles. The number of benzene rings is 1. The fourth-order valence-corrected chi connectivity index (χ4v) is 2.90. The van der Waals surface area contributed by atoms with Crippen molar-refractivity contribution in [1.82, 2.24) is 4.90 Å². The number of anilines is 2. The van der Waals surface area contributed by atoms with Gasteiger partial charge in [-0.3, -0.25) is 19.2 Å². The summed E-state index contributed by atoms with van der Waals surface area (Å²) in [4.78, 5) is 50.1. The largest absolute Gasteiger partial charge is 0.480 e.